The Morgan fingerprint density at radius 3 is 2.93 bits per heavy atom. The molecular formula is C21H27N3O3S. The Hall–Kier alpha value is -2.28. The second kappa shape index (κ2) is 9.28. The van der Waals surface area contributed by atoms with E-state index in [9.17, 15) is 9.59 Å². The predicted octanol–water partition coefficient (Wildman–Crippen LogP) is 3.62. The monoisotopic (exact) mass is 401 g/mol. The summed E-state index contributed by atoms with van der Waals surface area (Å²) >= 11 is 1.46. The van der Waals surface area contributed by atoms with Gasteiger partial charge in [-0.15, -0.1) is 11.3 Å². The third-order valence-electron chi connectivity index (χ3n) is 5.50. The highest BCUT2D eigenvalue weighted by Gasteiger charge is 2.30. The molecule has 150 valence electrons. The second-order valence-electron chi connectivity index (χ2n) is 7.58. The Morgan fingerprint density at radius 2 is 2.18 bits per heavy atom. The summed E-state index contributed by atoms with van der Waals surface area (Å²) in [5.41, 5.74) is 1.55. The molecule has 1 amide bonds. The number of carbonyl (C=O) groups excluding carboxylic acids is 2. The van der Waals surface area contributed by atoms with E-state index in [1.54, 1.807) is 19.3 Å². The molecule has 2 aromatic heterocycles. The van der Waals surface area contributed by atoms with Crippen LogP contribution in [-0.2, 0) is 20.7 Å². The zero-order valence-electron chi connectivity index (χ0n) is 16.6. The van der Waals surface area contributed by atoms with Crippen molar-refractivity contribution in [3.05, 3.63) is 35.6 Å². The molecule has 6 nitrogen and oxygen atoms in total. The van der Waals surface area contributed by atoms with Gasteiger partial charge in [0.05, 0.1) is 12.1 Å². The van der Waals surface area contributed by atoms with Crippen molar-refractivity contribution in [1.82, 2.24) is 15.3 Å². The Kier molecular flexibility index (Phi) is 6.78. The second-order valence-corrected chi connectivity index (χ2v) is 8.44. The number of carbonyl (C=O) groups is 2. The number of nitrogens with zero attached hydrogens (tertiary/aromatic N) is 2. The quantitative estimate of drug-likeness (QED) is 0.748. The number of esters is 1. The van der Waals surface area contributed by atoms with Crippen LogP contribution in [0.15, 0.2) is 29.9 Å². The average molecular weight is 402 g/mol. The number of hydrogen-bond acceptors (Lipinski definition) is 6. The summed E-state index contributed by atoms with van der Waals surface area (Å²) in [4.78, 5) is 33.2. The van der Waals surface area contributed by atoms with E-state index >= 15 is 0 Å². The molecule has 3 rings (SSSR count). The molecule has 2 heterocycles. The van der Waals surface area contributed by atoms with E-state index in [0.29, 0.717) is 17.5 Å². The maximum atomic E-state index is 12.4. The highest BCUT2D eigenvalue weighted by atomic mass is 32.1. The number of hydrogen-bond donors (Lipinski definition) is 1. The van der Waals surface area contributed by atoms with Gasteiger partial charge in [0.1, 0.15) is 5.01 Å². The lowest BCUT2D eigenvalue weighted by Crippen LogP contribution is -2.47. The highest BCUT2D eigenvalue weighted by molar-refractivity contribution is 7.13. The molecule has 1 saturated carbocycles. The maximum absolute atomic E-state index is 12.4. The van der Waals surface area contributed by atoms with Crippen LogP contribution < -0.4 is 5.32 Å². The van der Waals surface area contributed by atoms with Crippen LogP contribution in [0.3, 0.4) is 0 Å². The molecule has 1 aliphatic rings. The highest BCUT2D eigenvalue weighted by Crippen LogP contribution is 2.29. The molecule has 0 spiro atoms. The number of nitrogens with one attached hydrogen (secondary N) is 1. The molecule has 1 aliphatic carbocycles. The number of ether oxygens (including phenoxy) is 1. The predicted molar refractivity (Wildman–Crippen MR) is 109 cm³/mol. The van der Waals surface area contributed by atoms with E-state index in [1.807, 2.05) is 17.5 Å². The standard InChI is InChI=1S/C21H27N3O3S/c1-13-6-4-8-18(14(13)2)24-20(26)15(3)27-19(25)10-17-12-28-21(23-17)16-7-5-9-22-11-16/h5,7,9,11-15,18H,4,6,8,10H2,1-3H3,(H,24,26)/t13-,14-,15-,18+/m1/s1. The normalized spacial score (nSPS) is 23.0. The summed E-state index contributed by atoms with van der Waals surface area (Å²) in [6.07, 6.45) is 5.98. The Bertz CT molecular complexity index is 808. The maximum Gasteiger partial charge on any atom is 0.312 e. The topological polar surface area (TPSA) is 81.2 Å². The molecule has 7 heteroatoms. The van der Waals surface area contributed by atoms with Gasteiger partial charge in [-0.2, -0.15) is 0 Å². The van der Waals surface area contributed by atoms with E-state index in [0.717, 1.165) is 23.4 Å². The van der Waals surface area contributed by atoms with Crippen molar-refractivity contribution in [3.63, 3.8) is 0 Å². The van der Waals surface area contributed by atoms with Crippen molar-refractivity contribution in [3.8, 4) is 10.6 Å². The number of amides is 1. The van der Waals surface area contributed by atoms with Crippen LogP contribution in [0.2, 0.25) is 0 Å². The van der Waals surface area contributed by atoms with Crippen molar-refractivity contribution in [1.29, 1.82) is 0 Å². The van der Waals surface area contributed by atoms with Gasteiger partial charge in [0.15, 0.2) is 6.10 Å². The number of aromatic nitrogens is 2. The molecule has 1 fully saturated rings. The van der Waals surface area contributed by atoms with Crippen LogP contribution in [0.25, 0.3) is 10.6 Å². The Labute approximate surface area is 169 Å². The lowest BCUT2D eigenvalue weighted by molar-refractivity contribution is -0.154. The summed E-state index contributed by atoms with van der Waals surface area (Å²) in [6, 6.07) is 3.92. The first-order valence-corrected chi connectivity index (χ1v) is 10.7. The van der Waals surface area contributed by atoms with Gasteiger partial charge in [0.2, 0.25) is 0 Å². The van der Waals surface area contributed by atoms with Gasteiger partial charge < -0.3 is 10.1 Å². The largest absolute Gasteiger partial charge is 0.452 e. The van der Waals surface area contributed by atoms with Crippen LogP contribution >= 0.6 is 11.3 Å². The molecule has 1 N–H and O–H groups in total. The summed E-state index contributed by atoms with van der Waals surface area (Å²) in [5, 5.41) is 5.70. The molecule has 0 aromatic carbocycles. The first-order valence-electron chi connectivity index (χ1n) is 9.78. The SMILES string of the molecule is C[C@@H]1[C@H](C)CCC[C@@H]1NC(=O)[C@@H](C)OC(=O)Cc1csc(-c2cccnc2)n1. The van der Waals surface area contributed by atoms with Crippen LogP contribution in [0.5, 0.6) is 0 Å². The minimum absolute atomic E-state index is 0.0469. The summed E-state index contributed by atoms with van der Waals surface area (Å²) < 4.78 is 5.34. The molecule has 0 radical (unpaired) electrons. The van der Waals surface area contributed by atoms with Crippen molar-refractivity contribution in [2.45, 2.75) is 58.6 Å². The fourth-order valence-electron chi connectivity index (χ4n) is 3.54. The van der Waals surface area contributed by atoms with Gasteiger partial charge in [-0.25, -0.2) is 4.98 Å². The van der Waals surface area contributed by atoms with Gasteiger partial charge in [-0.05, 0) is 37.3 Å². The minimum Gasteiger partial charge on any atom is -0.452 e. The first-order chi connectivity index (χ1) is 13.4. The summed E-state index contributed by atoms with van der Waals surface area (Å²) in [7, 11) is 0. The van der Waals surface area contributed by atoms with Crippen LogP contribution in [0, 0.1) is 11.8 Å². The van der Waals surface area contributed by atoms with E-state index in [2.05, 4.69) is 29.1 Å². The van der Waals surface area contributed by atoms with Gasteiger partial charge in [0, 0.05) is 29.4 Å². The smallest absolute Gasteiger partial charge is 0.312 e. The van der Waals surface area contributed by atoms with Crippen LogP contribution in [0.4, 0.5) is 0 Å². The van der Waals surface area contributed by atoms with Crippen LogP contribution in [0.1, 0.15) is 45.7 Å². The van der Waals surface area contributed by atoms with E-state index in [4.69, 9.17) is 4.74 Å². The summed E-state index contributed by atoms with van der Waals surface area (Å²) in [6.45, 7) is 6.01. The zero-order valence-corrected chi connectivity index (χ0v) is 17.4. The molecular weight excluding hydrogens is 374 g/mol. The van der Waals surface area contributed by atoms with Crippen molar-refractivity contribution < 1.29 is 14.3 Å². The van der Waals surface area contributed by atoms with Crippen molar-refractivity contribution in [2.75, 3.05) is 0 Å². The van der Waals surface area contributed by atoms with E-state index in [-0.39, 0.29) is 18.4 Å². The molecule has 0 saturated heterocycles. The fourth-order valence-corrected chi connectivity index (χ4v) is 4.35. The van der Waals surface area contributed by atoms with Gasteiger partial charge in [-0.3, -0.25) is 14.6 Å². The molecule has 2 aromatic rings. The third kappa shape index (κ3) is 5.16. The zero-order chi connectivity index (χ0) is 20.1. The lowest BCUT2D eigenvalue weighted by atomic mass is 9.78. The number of pyridine rings is 1. The Balaban J connectivity index is 1.50. The van der Waals surface area contributed by atoms with E-state index in [1.165, 1.54) is 17.8 Å². The molecule has 4 atom stereocenters. The van der Waals surface area contributed by atoms with Crippen molar-refractivity contribution >= 4 is 23.2 Å². The van der Waals surface area contributed by atoms with E-state index < -0.39 is 12.1 Å². The first kappa shape index (κ1) is 20.5. The van der Waals surface area contributed by atoms with Crippen LogP contribution in [-0.4, -0.2) is 34.0 Å². The minimum atomic E-state index is -0.812. The molecule has 0 bridgehead atoms. The lowest BCUT2D eigenvalue weighted by Gasteiger charge is -2.35. The average Bonchev–Trinajstić information content (AvgIpc) is 3.14. The van der Waals surface area contributed by atoms with Gasteiger partial charge >= 0.3 is 5.97 Å². The Morgan fingerprint density at radius 1 is 1.36 bits per heavy atom. The number of rotatable bonds is 6. The number of thiazole rings is 1. The molecule has 28 heavy (non-hydrogen) atoms. The molecule has 0 unspecified atom stereocenters. The molecule has 0 aliphatic heterocycles. The summed E-state index contributed by atoms with van der Waals surface area (Å²) in [5.74, 6) is 0.349. The van der Waals surface area contributed by atoms with Crippen molar-refractivity contribution in [2.24, 2.45) is 11.8 Å². The van der Waals surface area contributed by atoms with Gasteiger partial charge in [-0.1, -0.05) is 26.7 Å². The van der Waals surface area contributed by atoms with Gasteiger partial charge in [0.25, 0.3) is 5.91 Å². The third-order valence-corrected chi connectivity index (χ3v) is 6.44. The fraction of sp³-hybridized carbons (Fsp3) is 0.524.